The smallest absolute Gasteiger partial charge is 0.416 e. The van der Waals surface area contributed by atoms with E-state index in [1.807, 2.05) is 19.9 Å². The largest absolute Gasteiger partial charge is 0.456 e. The Bertz CT molecular complexity index is 1090. The van der Waals surface area contributed by atoms with Crippen LogP contribution in [0.5, 0.6) is 0 Å². The first kappa shape index (κ1) is 19.6. The Hall–Kier alpha value is -3.20. The topological polar surface area (TPSA) is 49.0 Å². The summed E-state index contributed by atoms with van der Waals surface area (Å²) < 4.78 is 44.9. The van der Waals surface area contributed by atoms with Gasteiger partial charge in [-0.05, 0) is 41.3 Å². The molecule has 1 heterocycles. The Balaban J connectivity index is 2.10. The molecule has 0 unspecified atom stereocenters. The van der Waals surface area contributed by atoms with Crippen LogP contribution in [0.4, 0.5) is 13.2 Å². The van der Waals surface area contributed by atoms with Crippen molar-refractivity contribution >= 4 is 16.5 Å². The minimum Gasteiger partial charge on any atom is -0.456 e. The number of hydrogen-bond donors (Lipinski definition) is 1. The maximum absolute atomic E-state index is 13.0. The van der Waals surface area contributed by atoms with Crippen molar-refractivity contribution in [1.82, 2.24) is 5.32 Å². The van der Waals surface area contributed by atoms with Crippen LogP contribution in [0, 0.1) is 17.2 Å². The molecule has 2 aromatic carbocycles. The molecule has 144 valence electrons. The Morgan fingerprint density at radius 2 is 1.79 bits per heavy atom. The van der Waals surface area contributed by atoms with E-state index in [0.717, 1.165) is 23.1 Å². The third kappa shape index (κ3) is 3.74. The number of fused-ring (bicyclic) bond motifs is 1. The first-order valence-electron chi connectivity index (χ1n) is 8.78. The highest BCUT2D eigenvalue weighted by Gasteiger charge is 2.30. The molecule has 0 fully saturated rings. The van der Waals surface area contributed by atoms with Crippen LogP contribution in [-0.4, -0.2) is 7.05 Å². The van der Waals surface area contributed by atoms with E-state index in [1.165, 1.54) is 6.07 Å². The van der Waals surface area contributed by atoms with Crippen molar-refractivity contribution in [3.8, 4) is 17.2 Å². The number of benzene rings is 2. The van der Waals surface area contributed by atoms with E-state index >= 15 is 0 Å². The van der Waals surface area contributed by atoms with Gasteiger partial charge < -0.3 is 9.73 Å². The number of alkyl halides is 3. The van der Waals surface area contributed by atoms with Crippen molar-refractivity contribution in [1.29, 1.82) is 5.26 Å². The molecule has 28 heavy (non-hydrogen) atoms. The van der Waals surface area contributed by atoms with Crippen molar-refractivity contribution in [3.05, 3.63) is 65.6 Å². The van der Waals surface area contributed by atoms with Crippen molar-refractivity contribution in [2.24, 2.45) is 5.92 Å². The van der Waals surface area contributed by atoms with Crippen LogP contribution in [0.2, 0.25) is 0 Å². The number of nitrogens with one attached hydrogen (secondary N) is 1. The van der Waals surface area contributed by atoms with Gasteiger partial charge in [0.15, 0.2) is 0 Å². The second kappa shape index (κ2) is 7.43. The SMILES string of the molecule is CN/C(C#N)=C(/c1cc2ccc(-c3cccc(C(F)(F)F)c3)cc2o1)C(C)C. The highest BCUT2D eigenvalue weighted by atomic mass is 19.4. The lowest BCUT2D eigenvalue weighted by Crippen LogP contribution is -2.09. The molecule has 0 saturated carbocycles. The lowest BCUT2D eigenvalue weighted by Gasteiger charge is -2.11. The maximum Gasteiger partial charge on any atom is 0.416 e. The Morgan fingerprint density at radius 1 is 1.07 bits per heavy atom. The van der Waals surface area contributed by atoms with E-state index in [-0.39, 0.29) is 5.92 Å². The maximum atomic E-state index is 13.0. The van der Waals surface area contributed by atoms with E-state index in [9.17, 15) is 18.4 Å². The molecule has 1 aromatic heterocycles. The average molecular weight is 384 g/mol. The molecule has 1 N–H and O–H groups in total. The molecule has 0 spiro atoms. The van der Waals surface area contributed by atoms with Crippen LogP contribution in [0.3, 0.4) is 0 Å². The Labute approximate surface area is 161 Å². The average Bonchev–Trinajstić information content (AvgIpc) is 3.07. The first-order chi connectivity index (χ1) is 13.2. The zero-order chi connectivity index (χ0) is 20.5. The van der Waals surface area contributed by atoms with Crippen molar-refractivity contribution in [3.63, 3.8) is 0 Å². The van der Waals surface area contributed by atoms with Gasteiger partial charge in [-0.2, -0.15) is 18.4 Å². The van der Waals surface area contributed by atoms with Gasteiger partial charge in [0.1, 0.15) is 23.1 Å². The van der Waals surface area contributed by atoms with E-state index in [2.05, 4.69) is 11.4 Å². The number of halogens is 3. The monoisotopic (exact) mass is 384 g/mol. The predicted octanol–water partition coefficient (Wildman–Crippen LogP) is 6.23. The minimum atomic E-state index is -4.39. The number of allylic oxidation sites excluding steroid dienone is 2. The van der Waals surface area contributed by atoms with Crippen LogP contribution >= 0.6 is 0 Å². The molecule has 0 bridgehead atoms. The molecule has 0 aliphatic rings. The molecule has 3 nitrogen and oxygen atoms in total. The van der Waals surface area contributed by atoms with Gasteiger partial charge in [0, 0.05) is 18.0 Å². The lowest BCUT2D eigenvalue weighted by molar-refractivity contribution is -0.137. The second-order valence-electron chi connectivity index (χ2n) is 6.75. The van der Waals surface area contributed by atoms with Crippen molar-refractivity contribution < 1.29 is 17.6 Å². The van der Waals surface area contributed by atoms with E-state index in [1.54, 1.807) is 31.3 Å². The van der Waals surface area contributed by atoms with Crippen LogP contribution < -0.4 is 5.32 Å². The summed E-state index contributed by atoms with van der Waals surface area (Å²) in [6.45, 7) is 3.93. The summed E-state index contributed by atoms with van der Waals surface area (Å²) in [4.78, 5) is 0. The van der Waals surface area contributed by atoms with Gasteiger partial charge in [0.2, 0.25) is 0 Å². The molecule has 0 radical (unpaired) electrons. The number of nitriles is 1. The molecule has 0 amide bonds. The van der Waals surface area contributed by atoms with Gasteiger partial charge in [-0.15, -0.1) is 0 Å². The van der Waals surface area contributed by atoms with Gasteiger partial charge in [0.05, 0.1) is 5.56 Å². The summed E-state index contributed by atoms with van der Waals surface area (Å²) in [6, 6.07) is 14.5. The fourth-order valence-electron chi connectivity index (χ4n) is 3.17. The van der Waals surface area contributed by atoms with Gasteiger partial charge in [-0.25, -0.2) is 0 Å². The minimum absolute atomic E-state index is 0.0469. The summed E-state index contributed by atoms with van der Waals surface area (Å²) >= 11 is 0. The predicted molar refractivity (Wildman–Crippen MR) is 103 cm³/mol. The normalized spacial score (nSPS) is 12.8. The van der Waals surface area contributed by atoms with Crippen LogP contribution in [0.1, 0.15) is 25.2 Å². The molecule has 3 rings (SSSR count). The van der Waals surface area contributed by atoms with Crippen molar-refractivity contribution in [2.45, 2.75) is 20.0 Å². The molecule has 0 atom stereocenters. The van der Waals surface area contributed by atoms with Crippen LogP contribution in [-0.2, 0) is 6.18 Å². The van der Waals surface area contributed by atoms with Gasteiger partial charge in [-0.3, -0.25) is 0 Å². The standard InChI is InChI=1S/C22H19F3N2O/c1-13(2)21(18(12-26)27-3)20-11-16-8-7-15(10-19(16)28-20)14-5-4-6-17(9-14)22(23,24)25/h4-11,13,27H,1-3H3/b21-18+. The zero-order valence-corrected chi connectivity index (χ0v) is 15.7. The number of rotatable bonds is 4. The lowest BCUT2D eigenvalue weighted by atomic mass is 9.98. The summed E-state index contributed by atoms with van der Waals surface area (Å²) in [7, 11) is 1.68. The van der Waals surface area contributed by atoms with E-state index < -0.39 is 11.7 Å². The van der Waals surface area contributed by atoms with Crippen LogP contribution in [0.15, 0.2) is 58.6 Å². The fraction of sp³-hybridized carbons (Fsp3) is 0.227. The highest BCUT2D eigenvalue weighted by molar-refractivity contribution is 5.87. The van der Waals surface area contributed by atoms with E-state index in [4.69, 9.17) is 4.42 Å². The molecule has 6 heteroatoms. The molecular weight excluding hydrogens is 365 g/mol. The molecular formula is C22H19F3N2O. The van der Waals surface area contributed by atoms with Gasteiger partial charge in [0.25, 0.3) is 0 Å². The molecule has 0 saturated heterocycles. The first-order valence-corrected chi connectivity index (χ1v) is 8.78. The molecule has 0 aliphatic heterocycles. The number of furan rings is 1. The van der Waals surface area contributed by atoms with Gasteiger partial charge in [-0.1, -0.05) is 38.1 Å². The molecule has 3 aromatic rings. The van der Waals surface area contributed by atoms with Crippen LogP contribution in [0.25, 0.3) is 27.7 Å². The third-order valence-electron chi connectivity index (χ3n) is 4.52. The Morgan fingerprint density at radius 3 is 2.39 bits per heavy atom. The van der Waals surface area contributed by atoms with E-state index in [0.29, 0.717) is 28.2 Å². The van der Waals surface area contributed by atoms with Crippen molar-refractivity contribution in [2.75, 3.05) is 7.05 Å². The summed E-state index contributed by atoms with van der Waals surface area (Å²) in [5.41, 5.74) is 2.12. The summed E-state index contributed by atoms with van der Waals surface area (Å²) in [5, 5.41) is 13.1. The highest BCUT2D eigenvalue weighted by Crippen LogP contribution is 2.35. The zero-order valence-electron chi connectivity index (χ0n) is 15.7. The number of hydrogen-bond acceptors (Lipinski definition) is 3. The molecule has 0 aliphatic carbocycles. The Kier molecular flexibility index (Phi) is 5.19. The fourth-order valence-corrected chi connectivity index (χ4v) is 3.17. The second-order valence-corrected chi connectivity index (χ2v) is 6.75. The van der Waals surface area contributed by atoms with Gasteiger partial charge >= 0.3 is 6.18 Å². The summed E-state index contributed by atoms with van der Waals surface area (Å²) in [6.07, 6.45) is -4.39. The summed E-state index contributed by atoms with van der Waals surface area (Å²) in [5.74, 6) is 0.614. The quantitative estimate of drug-likeness (QED) is 0.543. The number of nitrogens with zero attached hydrogens (tertiary/aromatic N) is 1. The third-order valence-corrected chi connectivity index (χ3v) is 4.52.